The van der Waals surface area contributed by atoms with E-state index >= 15 is 0 Å². The third-order valence-electron chi connectivity index (χ3n) is 3.90. The Bertz CT molecular complexity index is 467. The van der Waals surface area contributed by atoms with Crippen LogP contribution in [0.5, 0.6) is 0 Å². The molecule has 2 nitrogen and oxygen atoms in total. The van der Waals surface area contributed by atoms with E-state index in [1.165, 1.54) is 0 Å². The highest BCUT2D eigenvalue weighted by Crippen LogP contribution is 2.26. The van der Waals surface area contributed by atoms with Gasteiger partial charge >= 0.3 is 0 Å². The number of nitrogens with zero attached hydrogens (tertiary/aromatic N) is 1. The molecule has 0 radical (unpaired) electrons. The van der Waals surface area contributed by atoms with Crippen molar-refractivity contribution in [3.8, 4) is 0 Å². The van der Waals surface area contributed by atoms with E-state index < -0.39 is 0 Å². The number of piperidine rings is 1. The van der Waals surface area contributed by atoms with E-state index in [1.807, 2.05) is 36.9 Å². The Morgan fingerprint density at radius 1 is 1.42 bits per heavy atom. The van der Waals surface area contributed by atoms with Crippen LogP contribution in [-0.4, -0.2) is 29.3 Å². The molecule has 2 rings (SSSR count). The summed E-state index contributed by atoms with van der Waals surface area (Å²) >= 11 is 8.40. The molecule has 0 aliphatic carbocycles. The van der Waals surface area contributed by atoms with Crippen LogP contribution < -0.4 is 0 Å². The average molecular weight is 392 g/mol. The van der Waals surface area contributed by atoms with Gasteiger partial charge in [-0.25, -0.2) is 0 Å². The predicted molar refractivity (Wildman–Crippen MR) is 87.8 cm³/mol. The van der Waals surface area contributed by atoms with E-state index in [0.717, 1.165) is 40.6 Å². The average Bonchev–Trinajstić information content (AvgIpc) is 2.41. The molecule has 4 heteroatoms. The zero-order valence-corrected chi connectivity index (χ0v) is 14.2. The van der Waals surface area contributed by atoms with Gasteiger partial charge in [0.1, 0.15) is 0 Å². The Morgan fingerprint density at radius 3 is 2.63 bits per heavy atom. The van der Waals surface area contributed by atoms with Crippen molar-refractivity contribution in [3.63, 3.8) is 0 Å². The fourth-order valence-electron chi connectivity index (χ4n) is 2.54. The molecule has 1 aromatic carbocycles. The number of alkyl halides is 1. The molecule has 1 fully saturated rings. The van der Waals surface area contributed by atoms with Gasteiger partial charge in [0.05, 0.1) is 5.56 Å². The summed E-state index contributed by atoms with van der Waals surface area (Å²) in [5.41, 5.74) is 1.99. The first-order chi connectivity index (χ1) is 9.00. The number of benzene rings is 1. The molecule has 1 aromatic rings. The minimum absolute atomic E-state index is 0.161. The van der Waals surface area contributed by atoms with Gasteiger partial charge in [-0.1, -0.05) is 12.1 Å². The number of hydrogen-bond acceptors (Lipinski definition) is 1. The van der Waals surface area contributed by atoms with Crippen LogP contribution in [0.15, 0.2) is 18.2 Å². The fourth-order valence-corrected chi connectivity index (χ4v) is 3.39. The van der Waals surface area contributed by atoms with Crippen molar-refractivity contribution in [2.75, 3.05) is 13.1 Å². The summed E-state index contributed by atoms with van der Waals surface area (Å²) in [7, 11) is 0. The molecule has 19 heavy (non-hydrogen) atoms. The highest BCUT2D eigenvalue weighted by Gasteiger charge is 2.26. The second-order valence-corrected chi connectivity index (χ2v) is 7.01. The van der Waals surface area contributed by atoms with Crippen LogP contribution in [0.4, 0.5) is 0 Å². The fraction of sp³-hybridized carbons (Fsp3) is 0.533. The monoisotopic (exact) mass is 391 g/mol. The van der Waals surface area contributed by atoms with Gasteiger partial charge in [0.15, 0.2) is 0 Å². The zero-order chi connectivity index (χ0) is 14.0. The normalized spacial score (nSPS) is 18.4. The summed E-state index contributed by atoms with van der Waals surface area (Å²) in [4.78, 5) is 14.5. The van der Waals surface area contributed by atoms with E-state index in [0.29, 0.717) is 5.92 Å². The summed E-state index contributed by atoms with van der Waals surface area (Å²) in [6.07, 6.45) is 2.03. The largest absolute Gasteiger partial charge is 0.339 e. The smallest absolute Gasteiger partial charge is 0.254 e. The van der Waals surface area contributed by atoms with E-state index in [2.05, 4.69) is 22.6 Å². The lowest BCUT2D eigenvalue weighted by atomic mass is 9.93. The number of carbonyl (C=O) groups excluding carboxylic acids is 1. The van der Waals surface area contributed by atoms with E-state index in [4.69, 9.17) is 11.6 Å². The summed E-state index contributed by atoms with van der Waals surface area (Å²) < 4.78 is 1.07. The second kappa shape index (κ2) is 6.44. The lowest BCUT2D eigenvalue weighted by Gasteiger charge is -2.33. The van der Waals surface area contributed by atoms with Gasteiger partial charge < -0.3 is 4.90 Å². The minimum Gasteiger partial charge on any atom is -0.339 e. The molecule has 0 saturated carbocycles. The molecule has 1 unspecified atom stereocenters. The SMILES string of the molecule is Cc1cccc(C(=O)N2CCC(C(C)Cl)CC2)c1I. The Balaban J connectivity index is 2.07. The number of amides is 1. The first kappa shape index (κ1) is 15.1. The van der Waals surface area contributed by atoms with Crippen molar-refractivity contribution in [3.05, 3.63) is 32.9 Å². The van der Waals surface area contributed by atoms with Crippen LogP contribution in [0.3, 0.4) is 0 Å². The van der Waals surface area contributed by atoms with Gasteiger partial charge in [0, 0.05) is 22.0 Å². The van der Waals surface area contributed by atoms with Crippen LogP contribution in [0.1, 0.15) is 35.7 Å². The van der Waals surface area contributed by atoms with Gasteiger partial charge in [-0.15, -0.1) is 11.6 Å². The molecule has 0 bridgehead atoms. The summed E-state index contributed by atoms with van der Waals surface area (Å²) in [5, 5.41) is 0.205. The Morgan fingerprint density at radius 2 is 2.05 bits per heavy atom. The highest BCUT2D eigenvalue weighted by molar-refractivity contribution is 14.1. The first-order valence-electron chi connectivity index (χ1n) is 6.69. The van der Waals surface area contributed by atoms with E-state index in [1.54, 1.807) is 0 Å². The lowest BCUT2D eigenvalue weighted by Crippen LogP contribution is -2.40. The third-order valence-corrected chi connectivity index (χ3v) is 5.69. The van der Waals surface area contributed by atoms with Crippen molar-refractivity contribution < 1.29 is 4.79 Å². The van der Waals surface area contributed by atoms with Crippen molar-refractivity contribution in [2.24, 2.45) is 5.92 Å². The predicted octanol–water partition coefficient (Wildman–Crippen LogP) is 4.08. The maximum Gasteiger partial charge on any atom is 0.254 e. The second-order valence-electron chi connectivity index (χ2n) is 5.24. The number of halogens is 2. The van der Waals surface area contributed by atoms with Crippen molar-refractivity contribution in [2.45, 2.75) is 32.1 Å². The first-order valence-corrected chi connectivity index (χ1v) is 8.20. The molecule has 1 aliphatic heterocycles. The van der Waals surface area contributed by atoms with E-state index in [-0.39, 0.29) is 11.3 Å². The van der Waals surface area contributed by atoms with Crippen molar-refractivity contribution in [1.29, 1.82) is 0 Å². The maximum absolute atomic E-state index is 12.5. The van der Waals surface area contributed by atoms with Gasteiger partial charge in [-0.2, -0.15) is 0 Å². The van der Waals surface area contributed by atoms with Gasteiger partial charge in [0.25, 0.3) is 5.91 Å². The molecule has 104 valence electrons. The summed E-state index contributed by atoms with van der Waals surface area (Å²) in [6, 6.07) is 5.92. The number of hydrogen-bond donors (Lipinski definition) is 0. The number of likely N-dealkylation sites (tertiary alicyclic amines) is 1. The van der Waals surface area contributed by atoms with Gasteiger partial charge in [-0.3, -0.25) is 4.79 Å². The quantitative estimate of drug-likeness (QED) is 0.549. The topological polar surface area (TPSA) is 20.3 Å². The van der Waals surface area contributed by atoms with Crippen LogP contribution in [0, 0.1) is 16.4 Å². The number of carbonyl (C=O) groups is 1. The molecule has 0 aromatic heterocycles. The molecule has 1 saturated heterocycles. The number of aryl methyl sites for hydroxylation is 1. The molecule has 0 spiro atoms. The molecular weight excluding hydrogens is 373 g/mol. The Labute approximate surface area is 133 Å². The molecule has 0 N–H and O–H groups in total. The van der Waals surface area contributed by atoms with Gasteiger partial charge in [0.2, 0.25) is 0 Å². The zero-order valence-electron chi connectivity index (χ0n) is 11.3. The van der Waals surface area contributed by atoms with Crippen molar-refractivity contribution >= 4 is 40.1 Å². The summed E-state index contributed by atoms with van der Waals surface area (Å²) in [6.45, 7) is 5.74. The summed E-state index contributed by atoms with van der Waals surface area (Å²) in [5.74, 6) is 0.705. The van der Waals surface area contributed by atoms with Gasteiger partial charge in [-0.05, 0) is 66.8 Å². The standard InChI is InChI=1S/C15H19ClINO/c1-10-4-3-5-13(14(10)17)15(19)18-8-6-12(7-9-18)11(2)16/h3-5,11-12H,6-9H2,1-2H3. The molecule has 1 atom stereocenters. The highest BCUT2D eigenvalue weighted by atomic mass is 127. The minimum atomic E-state index is 0.161. The van der Waals surface area contributed by atoms with Crippen LogP contribution in [-0.2, 0) is 0 Å². The number of rotatable bonds is 2. The van der Waals surface area contributed by atoms with E-state index in [9.17, 15) is 4.79 Å². The maximum atomic E-state index is 12.5. The third kappa shape index (κ3) is 3.43. The molecule has 1 aliphatic rings. The van der Waals surface area contributed by atoms with Crippen LogP contribution in [0.2, 0.25) is 0 Å². The lowest BCUT2D eigenvalue weighted by molar-refractivity contribution is 0.0689. The molecule has 1 amide bonds. The van der Waals surface area contributed by atoms with Crippen molar-refractivity contribution in [1.82, 2.24) is 4.90 Å². The Hall–Kier alpha value is -0.290. The molecular formula is C15H19ClINO. The Kier molecular flexibility index (Phi) is 5.12. The van der Waals surface area contributed by atoms with Crippen LogP contribution in [0.25, 0.3) is 0 Å². The van der Waals surface area contributed by atoms with Crippen LogP contribution >= 0.6 is 34.2 Å². The molecule has 1 heterocycles.